The summed E-state index contributed by atoms with van der Waals surface area (Å²) in [5, 5.41) is 2.57. The van der Waals surface area contributed by atoms with Gasteiger partial charge < -0.3 is 10.1 Å². The molecule has 2 aromatic carbocycles. The van der Waals surface area contributed by atoms with Crippen molar-refractivity contribution >= 4 is 17.9 Å². The van der Waals surface area contributed by atoms with Gasteiger partial charge in [0.25, 0.3) is 11.8 Å². The maximum Gasteiger partial charge on any atom is 0.407 e. The van der Waals surface area contributed by atoms with Crippen molar-refractivity contribution in [3.63, 3.8) is 0 Å². The fourth-order valence-corrected chi connectivity index (χ4v) is 3.23. The highest BCUT2D eigenvalue weighted by molar-refractivity contribution is 6.21. The lowest BCUT2D eigenvalue weighted by atomic mass is 10.0. The average Bonchev–Trinajstić information content (AvgIpc) is 2.88. The standard InChI is InChI=1S/C22H22F2N2O4/c1-22(2,3)30-21(29)25-15(11-13-10-14(23)8-9-18(13)24)12-26-19(27)16-6-4-5-7-17(16)20(26)28/h4-10,15H,11-12H2,1-3H3,(H,25,29). The fraction of sp³-hybridized carbons (Fsp3) is 0.318. The number of nitrogens with zero attached hydrogens (tertiary/aromatic N) is 1. The molecule has 3 rings (SSSR count). The van der Waals surface area contributed by atoms with Crippen LogP contribution in [0.15, 0.2) is 42.5 Å². The maximum atomic E-state index is 14.2. The van der Waals surface area contributed by atoms with E-state index in [9.17, 15) is 23.2 Å². The Morgan fingerprint density at radius 1 is 1.07 bits per heavy atom. The van der Waals surface area contributed by atoms with E-state index in [0.717, 1.165) is 23.1 Å². The molecule has 1 N–H and O–H groups in total. The van der Waals surface area contributed by atoms with E-state index in [4.69, 9.17) is 4.74 Å². The van der Waals surface area contributed by atoms with E-state index in [1.807, 2.05) is 0 Å². The number of amides is 3. The summed E-state index contributed by atoms with van der Waals surface area (Å²) in [4.78, 5) is 38.6. The number of ether oxygens (including phenoxy) is 1. The number of carbonyl (C=O) groups is 3. The number of hydrogen-bond acceptors (Lipinski definition) is 4. The van der Waals surface area contributed by atoms with Crippen LogP contribution < -0.4 is 5.32 Å². The van der Waals surface area contributed by atoms with Gasteiger partial charge >= 0.3 is 6.09 Å². The predicted molar refractivity (Wildman–Crippen MR) is 105 cm³/mol. The van der Waals surface area contributed by atoms with Gasteiger partial charge in [-0.15, -0.1) is 0 Å². The molecule has 0 saturated carbocycles. The fourth-order valence-electron chi connectivity index (χ4n) is 3.23. The molecule has 2 aromatic rings. The van der Waals surface area contributed by atoms with Crippen LogP contribution in [0.4, 0.5) is 13.6 Å². The molecule has 0 bridgehead atoms. The monoisotopic (exact) mass is 416 g/mol. The number of imide groups is 1. The number of alkyl carbamates (subject to hydrolysis) is 1. The SMILES string of the molecule is CC(C)(C)OC(=O)NC(Cc1cc(F)ccc1F)CN1C(=O)c2ccccc2C1=O. The Hall–Kier alpha value is -3.29. The first-order valence-corrected chi connectivity index (χ1v) is 9.44. The van der Waals surface area contributed by atoms with Crippen LogP contribution in [-0.4, -0.2) is 41.0 Å². The number of carbonyl (C=O) groups excluding carboxylic acids is 3. The molecule has 6 nitrogen and oxygen atoms in total. The molecular formula is C22H22F2N2O4. The molecule has 1 unspecified atom stereocenters. The Bertz CT molecular complexity index is 966. The molecule has 3 amide bonds. The van der Waals surface area contributed by atoms with E-state index in [1.165, 1.54) is 12.1 Å². The van der Waals surface area contributed by atoms with Crippen LogP contribution in [0.25, 0.3) is 0 Å². The first-order chi connectivity index (χ1) is 14.0. The van der Waals surface area contributed by atoms with Crippen LogP contribution in [0.3, 0.4) is 0 Å². The normalized spacial score (nSPS) is 14.5. The molecule has 0 fully saturated rings. The van der Waals surface area contributed by atoms with Gasteiger partial charge in [-0.25, -0.2) is 13.6 Å². The van der Waals surface area contributed by atoms with Crippen LogP contribution in [0.5, 0.6) is 0 Å². The number of fused-ring (bicyclic) bond motifs is 1. The van der Waals surface area contributed by atoms with Gasteiger partial charge in [0.15, 0.2) is 0 Å². The number of hydrogen-bond donors (Lipinski definition) is 1. The second-order valence-corrected chi connectivity index (χ2v) is 8.05. The third kappa shape index (κ3) is 4.82. The lowest BCUT2D eigenvalue weighted by Crippen LogP contribution is -2.48. The zero-order chi connectivity index (χ0) is 22.1. The summed E-state index contributed by atoms with van der Waals surface area (Å²) in [6.07, 6.45) is -0.933. The van der Waals surface area contributed by atoms with Gasteiger partial charge in [0.1, 0.15) is 17.2 Å². The van der Waals surface area contributed by atoms with Crippen molar-refractivity contribution in [2.75, 3.05) is 6.54 Å². The largest absolute Gasteiger partial charge is 0.444 e. The van der Waals surface area contributed by atoms with E-state index in [2.05, 4.69) is 5.32 Å². The third-order valence-electron chi connectivity index (χ3n) is 4.48. The van der Waals surface area contributed by atoms with E-state index in [1.54, 1.807) is 32.9 Å². The van der Waals surface area contributed by atoms with E-state index >= 15 is 0 Å². The van der Waals surface area contributed by atoms with Gasteiger partial charge in [-0.2, -0.15) is 0 Å². The van der Waals surface area contributed by atoms with Gasteiger partial charge in [0.05, 0.1) is 23.7 Å². The van der Waals surface area contributed by atoms with Crippen molar-refractivity contribution in [3.05, 3.63) is 70.8 Å². The molecule has 30 heavy (non-hydrogen) atoms. The molecule has 0 spiro atoms. The minimum absolute atomic E-state index is 0.00710. The highest BCUT2D eigenvalue weighted by atomic mass is 19.1. The highest BCUT2D eigenvalue weighted by Crippen LogP contribution is 2.23. The number of benzene rings is 2. The Morgan fingerprint density at radius 3 is 2.23 bits per heavy atom. The third-order valence-corrected chi connectivity index (χ3v) is 4.48. The minimum Gasteiger partial charge on any atom is -0.444 e. The van der Waals surface area contributed by atoms with Crippen molar-refractivity contribution in [1.29, 1.82) is 0 Å². The molecule has 0 saturated heterocycles. The topological polar surface area (TPSA) is 75.7 Å². The lowest BCUT2D eigenvalue weighted by Gasteiger charge is -2.26. The van der Waals surface area contributed by atoms with Gasteiger partial charge in [-0.1, -0.05) is 12.1 Å². The first kappa shape index (κ1) is 21.4. The summed E-state index contributed by atoms with van der Waals surface area (Å²) in [7, 11) is 0. The predicted octanol–water partition coefficient (Wildman–Crippen LogP) is 3.70. The van der Waals surface area contributed by atoms with E-state index in [0.29, 0.717) is 0 Å². The molecule has 1 aliphatic heterocycles. The van der Waals surface area contributed by atoms with Gasteiger partial charge in [0.2, 0.25) is 0 Å². The van der Waals surface area contributed by atoms with E-state index in [-0.39, 0.29) is 29.7 Å². The Balaban J connectivity index is 1.84. The van der Waals surface area contributed by atoms with Crippen LogP contribution in [-0.2, 0) is 11.2 Å². The molecule has 0 aliphatic carbocycles. The van der Waals surface area contributed by atoms with Crippen LogP contribution in [0.1, 0.15) is 47.1 Å². The van der Waals surface area contributed by atoms with Crippen LogP contribution in [0, 0.1) is 11.6 Å². The number of halogens is 2. The van der Waals surface area contributed by atoms with E-state index < -0.39 is 41.2 Å². The summed E-state index contributed by atoms with van der Waals surface area (Å²) in [5.74, 6) is -2.31. The molecule has 0 aromatic heterocycles. The summed E-state index contributed by atoms with van der Waals surface area (Å²) in [6.45, 7) is 4.81. The van der Waals surface area contributed by atoms with Crippen molar-refractivity contribution in [2.45, 2.75) is 38.8 Å². The molecule has 158 valence electrons. The number of nitrogens with one attached hydrogen (secondary N) is 1. The quantitative estimate of drug-likeness (QED) is 0.755. The summed E-state index contributed by atoms with van der Waals surface area (Å²) in [5.41, 5.74) is -0.257. The highest BCUT2D eigenvalue weighted by Gasteiger charge is 2.37. The van der Waals surface area contributed by atoms with Gasteiger partial charge in [-0.3, -0.25) is 14.5 Å². The zero-order valence-corrected chi connectivity index (χ0v) is 16.9. The van der Waals surface area contributed by atoms with Crippen molar-refractivity contribution in [3.8, 4) is 0 Å². The molecule has 1 aliphatic rings. The zero-order valence-electron chi connectivity index (χ0n) is 16.9. The molecule has 0 radical (unpaired) electrons. The second-order valence-electron chi connectivity index (χ2n) is 8.05. The van der Waals surface area contributed by atoms with Crippen molar-refractivity contribution in [2.24, 2.45) is 0 Å². The maximum absolute atomic E-state index is 14.2. The Labute approximate surface area is 172 Å². The summed E-state index contributed by atoms with van der Waals surface area (Å²) < 4.78 is 33.0. The van der Waals surface area contributed by atoms with Gasteiger partial charge in [0, 0.05) is 0 Å². The second kappa shape index (κ2) is 8.22. The Kier molecular flexibility index (Phi) is 5.87. The van der Waals surface area contributed by atoms with Crippen LogP contribution in [0.2, 0.25) is 0 Å². The molecule has 8 heteroatoms. The summed E-state index contributed by atoms with van der Waals surface area (Å²) >= 11 is 0. The first-order valence-electron chi connectivity index (χ1n) is 9.44. The summed E-state index contributed by atoms with van der Waals surface area (Å²) in [6, 6.07) is 8.46. The number of rotatable bonds is 5. The molecule has 1 atom stereocenters. The average molecular weight is 416 g/mol. The Morgan fingerprint density at radius 2 is 1.67 bits per heavy atom. The minimum atomic E-state index is -0.890. The molecular weight excluding hydrogens is 394 g/mol. The van der Waals surface area contributed by atoms with Crippen molar-refractivity contribution < 1.29 is 27.9 Å². The lowest BCUT2D eigenvalue weighted by molar-refractivity contribution is 0.0467. The smallest absolute Gasteiger partial charge is 0.407 e. The molecule has 1 heterocycles. The van der Waals surface area contributed by atoms with Gasteiger partial charge in [-0.05, 0) is 63.1 Å². The van der Waals surface area contributed by atoms with Crippen molar-refractivity contribution in [1.82, 2.24) is 10.2 Å². The van der Waals surface area contributed by atoms with Crippen LogP contribution >= 0.6 is 0 Å².